The van der Waals surface area contributed by atoms with Crippen LogP contribution in [0.5, 0.6) is 0 Å². The second-order valence-corrected chi connectivity index (χ2v) is 10.2. The average Bonchev–Trinajstić information content (AvgIpc) is 2.90. The van der Waals surface area contributed by atoms with Gasteiger partial charge in [0.05, 0.1) is 33.2 Å². The number of anilines is 1. The molecular weight excluding hydrogens is 547 g/mol. The van der Waals surface area contributed by atoms with Gasteiger partial charge in [-0.3, -0.25) is 15.0 Å². The molecular formula is C28H27Cl2F2N5O2. The molecule has 0 saturated carbocycles. The topological polar surface area (TPSA) is 93.2 Å². The molecule has 0 radical (unpaired) electrons. The molecule has 204 valence electrons. The monoisotopic (exact) mass is 573 g/mol. The van der Waals surface area contributed by atoms with Crippen LogP contribution in [0, 0.1) is 17.6 Å². The molecule has 4 rings (SSSR count). The van der Waals surface area contributed by atoms with Crippen LogP contribution in [0.4, 0.5) is 14.5 Å². The number of benzene rings is 3. The number of hydrogen-bond donors (Lipinski definition) is 2. The third-order valence-electron chi connectivity index (χ3n) is 6.21. The van der Waals surface area contributed by atoms with E-state index in [0.29, 0.717) is 28.0 Å². The maximum absolute atomic E-state index is 14.9. The van der Waals surface area contributed by atoms with Crippen LogP contribution in [0.1, 0.15) is 42.5 Å². The van der Waals surface area contributed by atoms with Gasteiger partial charge in [0, 0.05) is 11.6 Å². The summed E-state index contributed by atoms with van der Waals surface area (Å²) in [4.78, 5) is 33.7. The lowest BCUT2D eigenvalue weighted by Gasteiger charge is -2.35. The molecule has 4 aromatic rings. The molecule has 0 aliphatic heterocycles. The first-order valence-corrected chi connectivity index (χ1v) is 13.1. The normalized spacial score (nSPS) is 12.1. The summed E-state index contributed by atoms with van der Waals surface area (Å²) in [7, 11) is 0. The van der Waals surface area contributed by atoms with Gasteiger partial charge in [-0.15, -0.1) is 0 Å². The lowest BCUT2D eigenvalue weighted by Crippen LogP contribution is -2.43. The molecule has 0 bridgehead atoms. The van der Waals surface area contributed by atoms with Gasteiger partial charge in [-0.25, -0.2) is 18.4 Å². The number of carbonyl (C=O) groups excluding carboxylic acids is 1. The van der Waals surface area contributed by atoms with Gasteiger partial charge in [0.25, 0.3) is 11.5 Å². The average molecular weight is 574 g/mol. The van der Waals surface area contributed by atoms with Crippen molar-refractivity contribution in [3.63, 3.8) is 0 Å². The van der Waals surface area contributed by atoms with Crippen molar-refractivity contribution in [2.24, 2.45) is 11.7 Å². The summed E-state index contributed by atoms with van der Waals surface area (Å²) >= 11 is 11.9. The number of fused-ring (bicyclic) bond motifs is 1. The highest BCUT2D eigenvalue weighted by Gasteiger charge is 2.34. The molecule has 0 aliphatic carbocycles. The minimum atomic E-state index is -0.968. The van der Waals surface area contributed by atoms with Crippen LogP contribution in [0.3, 0.4) is 0 Å². The van der Waals surface area contributed by atoms with E-state index in [1.54, 1.807) is 42.5 Å². The van der Waals surface area contributed by atoms with E-state index in [-0.39, 0.29) is 24.8 Å². The number of hydrogen-bond acceptors (Lipinski definition) is 5. The van der Waals surface area contributed by atoms with Crippen LogP contribution in [-0.2, 0) is 0 Å². The van der Waals surface area contributed by atoms with Gasteiger partial charge in [0.2, 0.25) is 0 Å². The maximum atomic E-state index is 14.9. The lowest BCUT2D eigenvalue weighted by molar-refractivity contribution is 0.0599. The maximum Gasteiger partial charge on any atom is 0.280 e. The lowest BCUT2D eigenvalue weighted by atomic mass is 9.99. The van der Waals surface area contributed by atoms with E-state index >= 15 is 0 Å². The van der Waals surface area contributed by atoms with Crippen molar-refractivity contribution in [1.82, 2.24) is 14.6 Å². The van der Waals surface area contributed by atoms with Gasteiger partial charge in [0.15, 0.2) is 5.82 Å². The molecule has 1 atom stereocenters. The Labute approximate surface area is 234 Å². The Hall–Kier alpha value is -3.53. The highest BCUT2D eigenvalue weighted by atomic mass is 35.5. The number of halogens is 4. The Kier molecular flexibility index (Phi) is 8.84. The summed E-state index contributed by atoms with van der Waals surface area (Å²) in [6.45, 7) is 4.01. The Morgan fingerprint density at radius 3 is 2.46 bits per heavy atom. The highest BCUT2D eigenvalue weighted by molar-refractivity contribution is 6.31. The molecule has 1 unspecified atom stereocenters. The summed E-state index contributed by atoms with van der Waals surface area (Å²) in [5, 5.41) is 0.247. The summed E-state index contributed by atoms with van der Waals surface area (Å²) in [6.07, 6.45) is 0.363. The van der Waals surface area contributed by atoms with Gasteiger partial charge >= 0.3 is 0 Å². The molecule has 7 nitrogen and oxygen atoms in total. The van der Waals surface area contributed by atoms with Gasteiger partial charge in [-0.2, -0.15) is 0 Å². The SMILES string of the molecule is CC(C)C(c1nc2cc(Cl)ccc2c(=O)n1Nc1ccccc1)N(CCCN)C(=O)c1cc(F)c(Cl)cc1F. The van der Waals surface area contributed by atoms with E-state index in [4.69, 9.17) is 33.9 Å². The first kappa shape index (κ1) is 28.5. The third-order valence-corrected chi connectivity index (χ3v) is 6.73. The smallest absolute Gasteiger partial charge is 0.280 e. The fourth-order valence-electron chi connectivity index (χ4n) is 4.39. The highest BCUT2D eigenvalue weighted by Crippen LogP contribution is 2.31. The largest absolute Gasteiger partial charge is 0.330 e. The van der Waals surface area contributed by atoms with Crippen molar-refractivity contribution >= 4 is 45.7 Å². The number of aromatic nitrogens is 2. The number of para-hydroxylation sites is 1. The Morgan fingerprint density at radius 2 is 1.79 bits per heavy atom. The second-order valence-electron chi connectivity index (χ2n) is 9.33. The van der Waals surface area contributed by atoms with Gasteiger partial charge in [-0.1, -0.05) is 55.2 Å². The molecule has 0 spiro atoms. The summed E-state index contributed by atoms with van der Waals surface area (Å²) in [5.74, 6) is -2.82. The second kappa shape index (κ2) is 12.1. The summed E-state index contributed by atoms with van der Waals surface area (Å²) < 4.78 is 30.5. The van der Waals surface area contributed by atoms with Crippen molar-refractivity contribution in [3.05, 3.63) is 104 Å². The molecule has 1 aromatic heterocycles. The van der Waals surface area contributed by atoms with E-state index in [9.17, 15) is 18.4 Å². The van der Waals surface area contributed by atoms with E-state index in [1.165, 1.54) is 9.58 Å². The number of nitrogens with zero attached hydrogens (tertiary/aromatic N) is 3. The van der Waals surface area contributed by atoms with Crippen molar-refractivity contribution in [1.29, 1.82) is 0 Å². The fourth-order valence-corrected chi connectivity index (χ4v) is 4.71. The molecule has 1 amide bonds. The number of nitrogens with one attached hydrogen (secondary N) is 1. The number of carbonyl (C=O) groups is 1. The van der Waals surface area contributed by atoms with Crippen LogP contribution in [0.15, 0.2) is 65.5 Å². The fraction of sp³-hybridized carbons (Fsp3) is 0.250. The molecule has 0 saturated heterocycles. The Morgan fingerprint density at radius 1 is 1.08 bits per heavy atom. The van der Waals surface area contributed by atoms with Crippen LogP contribution in [-0.4, -0.2) is 33.6 Å². The number of nitrogens with two attached hydrogens (primary N) is 1. The van der Waals surface area contributed by atoms with Gasteiger partial charge < -0.3 is 10.6 Å². The predicted molar refractivity (Wildman–Crippen MR) is 150 cm³/mol. The van der Waals surface area contributed by atoms with Crippen LogP contribution in [0.25, 0.3) is 10.9 Å². The quantitative estimate of drug-likeness (QED) is 0.238. The van der Waals surface area contributed by atoms with Gasteiger partial charge in [0.1, 0.15) is 11.6 Å². The van der Waals surface area contributed by atoms with Crippen molar-refractivity contribution in [3.8, 4) is 0 Å². The molecule has 3 N–H and O–H groups in total. The van der Waals surface area contributed by atoms with Crippen LogP contribution >= 0.6 is 23.2 Å². The van der Waals surface area contributed by atoms with Gasteiger partial charge in [-0.05, 0) is 61.3 Å². The van der Waals surface area contributed by atoms with Crippen molar-refractivity contribution in [2.45, 2.75) is 26.3 Å². The molecule has 0 aliphatic rings. The predicted octanol–water partition coefficient (Wildman–Crippen LogP) is 6.05. The van der Waals surface area contributed by atoms with E-state index in [1.807, 2.05) is 19.9 Å². The van der Waals surface area contributed by atoms with Crippen LogP contribution < -0.4 is 16.7 Å². The van der Waals surface area contributed by atoms with Crippen molar-refractivity contribution < 1.29 is 13.6 Å². The number of amides is 1. The van der Waals surface area contributed by atoms with Crippen molar-refractivity contribution in [2.75, 3.05) is 18.5 Å². The first-order chi connectivity index (χ1) is 18.6. The number of rotatable bonds is 9. The van der Waals surface area contributed by atoms with E-state index in [2.05, 4.69) is 5.43 Å². The molecule has 1 heterocycles. The minimum Gasteiger partial charge on any atom is -0.330 e. The molecule has 11 heteroatoms. The minimum absolute atomic E-state index is 0.0939. The zero-order valence-corrected chi connectivity index (χ0v) is 22.8. The van der Waals surface area contributed by atoms with E-state index in [0.717, 1.165) is 12.1 Å². The Bertz CT molecular complexity index is 1560. The zero-order valence-electron chi connectivity index (χ0n) is 21.3. The molecule has 3 aromatic carbocycles. The van der Waals surface area contributed by atoms with Crippen LogP contribution in [0.2, 0.25) is 10.0 Å². The Balaban J connectivity index is 1.96. The summed E-state index contributed by atoms with van der Waals surface area (Å²) in [6, 6.07) is 14.4. The summed E-state index contributed by atoms with van der Waals surface area (Å²) in [5.41, 5.74) is 8.88. The standard InChI is InChI=1S/C28H27Cl2F2N5O2/c1-16(2)25(36(12-6-11-33)27(38)20-14-23(32)21(30)15-22(20)31)26-34-24-13-17(29)9-10-19(24)28(39)37(26)35-18-7-4-3-5-8-18/h3-5,7-10,13-16,25,35H,6,11-12,33H2,1-2H3. The third kappa shape index (κ3) is 6.06. The van der Waals surface area contributed by atoms with E-state index < -0.39 is 39.7 Å². The zero-order chi connectivity index (χ0) is 28.3. The first-order valence-electron chi connectivity index (χ1n) is 12.3. The molecule has 0 fully saturated rings. The molecule has 39 heavy (non-hydrogen) atoms.